The topological polar surface area (TPSA) is 55.9 Å². The second kappa shape index (κ2) is 8.67. The molecule has 1 spiro atoms. The molecule has 6 heteroatoms. The van der Waals surface area contributed by atoms with E-state index in [9.17, 15) is 9.59 Å². The highest BCUT2D eigenvalue weighted by Gasteiger charge is 2.55. The van der Waals surface area contributed by atoms with E-state index in [0.717, 1.165) is 58.4 Å². The first-order chi connectivity index (χ1) is 14.4. The van der Waals surface area contributed by atoms with Crippen LogP contribution in [-0.2, 0) is 11.3 Å². The van der Waals surface area contributed by atoms with Crippen molar-refractivity contribution in [2.45, 2.75) is 64.5 Å². The van der Waals surface area contributed by atoms with E-state index in [1.165, 1.54) is 16.0 Å². The maximum atomic E-state index is 13.2. The van der Waals surface area contributed by atoms with Crippen LogP contribution in [0.3, 0.4) is 0 Å². The Hall–Kier alpha value is -1.92. The molecule has 2 saturated heterocycles. The average Bonchev–Trinajstić information content (AvgIpc) is 2.97. The Morgan fingerprint density at radius 3 is 2.33 bits per heavy atom. The first-order valence-corrected chi connectivity index (χ1v) is 11.6. The van der Waals surface area contributed by atoms with Crippen LogP contribution in [0.5, 0.6) is 0 Å². The number of nitrogens with zero attached hydrogens (tertiary/aromatic N) is 3. The van der Waals surface area contributed by atoms with Crippen molar-refractivity contribution in [3.63, 3.8) is 0 Å². The van der Waals surface area contributed by atoms with Crippen molar-refractivity contribution in [2.75, 3.05) is 32.8 Å². The average molecular weight is 413 g/mol. The van der Waals surface area contributed by atoms with Crippen LogP contribution in [0.4, 0.5) is 4.79 Å². The molecule has 1 N–H and O–H groups in total. The number of urea groups is 1. The van der Waals surface area contributed by atoms with Crippen molar-refractivity contribution in [1.82, 2.24) is 20.0 Å². The zero-order chi connectivity index (χ0) is 21.3. The molecular formula is C24H36N4O2. The fourth-order valence-electron chi connectivity index (χ4n) is 5.18. The summed E-state index contributed by atoms with van der Waals surface area (Å²) >= 11 is 0. The Morgan fingerprint density at radius 2 is 1.70 bits per heavy atom. The van der Waals surface area contributed by atoms with E-state index in [4.69, 9.17) is 0 Å². The Labute approximate surface area is 180 Å². The van der Waals surface area contributed by atoms with Gasteiger partial charge in [-0.2, -0.15) is 0 Å². The molecule has 0 aromatic heterocycles. The van der Waals surface area contributed by atoms with Crippen molar-refractivity contribution in [2.24, 2.45) is 5.92 Å². The number of imide groups is 1. The van der Waals surface area contributed by atoms with Crippen molar-refractivity contribution in [3.8, 4) is 0 Å². The first-order valence-electron chi connectivity index (χ1n) is 11.6. The van der Waals surface area contributed by atoms with Crippen molar-refractivity contribution in [1.29, 1.82) is 0 Å². The predicted molar refractivity (Wildman–Crippen MR) is 118 cm³/mol. The minimum atomic E-state index is -0.653. The van der Waals surface area contributed by atoms with Gasteiger partial charge in [0.25, 0.3) is 5.91 Å². The fourth-order valence-corrected chi connectivity index (χ4v) is 5.18. The molecule has 1 aromatic rings. The molecule has 3 aliphatic rings. The van der Waals surface area contributed by atoms with E-state index in [2.05, 4.69) is 60.2 Å². The lowest BCUT2D eigenvalue weighted by Crippen LogP contribution is -2.55. The molecule has 6 nitrogen and oxygen atoms in total. The number of amides is 3. The van der Waals surface area contributed by atoms with E-state index in [0.29, 0.717) is 12.6 Å². The highest BCUT2D eigenvalue weighted by molar-refractivity contribution is 6.07. The third kappa shape index (κ3) is 4.12. The summed E-state index contributed by atoms with van der Waals surface area (Å²) < 4.78 is 0. The summed E-state index contributed by atoms with van der Waals surface area (Å²) in [6.45, 7) is 11.6. The Morgan fingerprint density at radius 1 is 1.03 bits per heavy atom. The van der Waals surface area contributed by atoms with Crippen LogP contribution < -0.4 is 5.32 Å². The highest BCUT2D eigenvalue weighted by atomic mass is 16.2. The van der Waals surface area contributed by atoms with Gasteiger partial charge in [0, 0.05) is 32.7 Å². The normalized spacial score (nSPS) is 28.5. The lowest BCUT2D eigenvalue weighted by molar-refractivity contribution is -0.136. The molecule has 1 aliphatic carbocycles. The van der Waals surface area contributed by atoms with E-state index < -0.39 is 5.54 Å². The van der Waals surface area contributed by atoms with Gasteiger partial charge in [0.15, 0.2) is 0 Å². The number of piperazine rings is 1. The minimum absolute atomic E-state index is 0.00706. The van der Waals surface area contributed by atoms with Gasteiger partial charge in [0.1, 0.15) is 5.54 Å². The largest absolute Gasteiger partial charge is 0.326 e. The van der Waals surface area contributed by atoms with Crippen LogP contribution in [0.1, 0.15) is 63.5 Å². The zero-order valence-electron chi connectivity index (χ0n) is 18.7. The summed E-state index contributed by atoms with van der Waals surface area (Å²) in [7, 11) is 0. The lowest BCUT2D eigenvalue weighted by Gasteiger charge is -2.38. The van der Waals surface area contributed by atoms with Gasteiger partial charge in [-0.3, -0.25) is 14.6 Å². The monoisotopic (exact) mass is 412 g/mol. The standard InChI is InChI=1S/C24H36N4O2/c1-18(2)21-9-7-20(8-10-21)16-26-12-14-27(15-13-26)17-28-22(29)24(25-23(28)30)11-5-4-6-19(24)3/h7-10,18-19H,4-6,11-17H2,1-3H3,(H,25,30)/t19-,24+/m0/s1. The number of nitrogens with one attached hydrogen (secondary N) is 1. The predicted octanol–water partition coefficient (Wildman–Crippen LogP) is 3.39. The summed E-state index contributed by atoms with van der Waals surface area (Å²) in [5.74, 6) is 0.767. The maximum absolute atomic E-state index is 13.2. The molecule has 2 atom stereocenters. The van der Waals surface area contributed by atoms with E-state index in [1.54, 1.807) is 0 Å². The Kier molecular flexibility index (Phi) is 6.16. The molecule has 0 bridgehead atoms. The third-order valence-corrected chi connectivity index (χ3v) is 7.36. The molecule has 4 rings (SSSR count). The summed E-state index contributed by atoms with van der Waals surface area (Å²) in [6, 6.07) is 8.73. The zero-order valence-corrected chi connectivity index (χ0v) is 18.7. The second-order valence-corrected chi connectivity index (χ2v) is 9.71. The summed E-state index contributed by atoms with van der Waals surface area (Å²) in [5.41, 5.74) is 2.07. The van der Waals surface area contributed by atoms with Gasteiger partial charge in [-0.15, -0.1) is 0 Å². The van der Waals surface area contributed by atoms with Crippen LogP contribution in [0.2, 0.25) is 0 Å². The quantitative estimate of drug-likeness (QED) is 0.754. The first kappa shape index (κ1) is 21.3. The fraction of sp³-hybridized carbons (Fsp3) is 0.667. The van der Waals surface area contributed by atoms with Gasteiger partial charge in [0.2, 0.25) is 0 Å². The van der Waals surface area contributed by atoms with Crippen LogP contribution in [-0.4, -0.2) is 65.0 Å². The molecule has 30 heavy (non-hydrogen) atoms. The summed E-state index contributed by atoms with van der Waals surface area (Å²) in [5, 5.41) is 3.06. The van der Waals surface area contributed by atoms with Crippen LogP contribution >= 0.6 is 0 Å². The number of carbonyl (C=O) groups is 2. The van der Waals surface area contributed by atoms with Crippen molar-refractivity contribution >= 4 is 11.9 Å². The van der Waals surface area contributed by atoms with Crippen LogP contribution in [0.15, 0.2) is 24.3 Å². The van der Waals surface area contributed by atoms with Gasteiger partial charge in [-0.05, 0) is 35.8 Å². The highest BCUT2D eigenvalue weighted by Crippen LogP contribution is 2.38. The molecule has 164 valence electrons. The van der Waals surface area contributed by atoms with E-state index in [-0.39, 0.29) is 17.9 Å². The van der Waals surface area contributed by atoms with Crippen molar-refractivity contribution in [3.05, 3.63) is 35.4 Å². The summed E-state index contributed by atoms with van der Waals surface area (Å²) in [6.07, 6.45) is 3.95. The molecule has 2 aliphatic heterocycles. The van der Waals surface area contributed by atoms with Crippen LogP contribution in [0.25, 0.3) is 0 Å². The lowest BCUT2D eigenvalue weighted by atomic mass is 9.73. The van der Waals surface area contributed by atoms with Crippen LogP contribution in [0, 0.1) is 5.92 Å². The molecular weight excluding hydrogens is 376 g/mol. The Balaban J connectivity index is 1.29. The molecule has 0 radical (unpaired) electrons. The van der Waals surface area contributed by atoms with Gasteiger partial charge in [0.05, 0.1) is 6.67 Å². The number of carbonyl (C=O) groups excluding carboxylic acids is 2. The van der Waals surface area contributed by atoms with Gasteiger partial charge in [-0.25, -0.2) is 9.69 Å². The molecule has 1 saturated carbocycles. The van der Waals surface area contributed by atoms with E-state index >= 15 is 0 Å². The SMILES string of the molecule is CC(C)c1ccc(CN2CCN(CN3C(=O)N[C@@]4(CCCC[C@@H]4C)C3=O)CC2)cc1. The molecule has 2 heterocycles. The number of hydrogen-bond acceptors (Lipinski definition) is 4. The second-order valence-electron chi connectivity index (χ2n) is 9.71. The molecule has 3 amide bonds. The number of hydrogen-bond donors (Lipinski definition) is 1. The number of rotatable bonds is 5. The molecule has 3 fully saturated rings. The van der Waals surface area contributed by atoms with Crippen molar-refractivity contribution < 1.29 is 9.59 Å². The minimum Gasteiger partial charge on any atom is -0.323 e. The molecule has 0 unspecified atom stereocenters. The van der Waals surface area contributed by atoms with E-state index in [1.807, 2.05) is 0 Å². The maximum Gasteiger partial charge on any atom is 0.326 e. The Bertz CT molecular complexity index is 770. The smallest absolute Gasteiger partial charge is 0.323 e. The summed E-state index contributed by atoms with van der Waals surface area (Å²) in [4.78, 5) is 31.9. The van der Waals surface area contributed by atoms with Gasteiger partial charge < -0.3 is 5.32 Å². The molecule has 1 aromatic carbocycles. The van der Waals surface area contributed by atoms with Gasteiger partial charge >= 0.3 is 6.03 Å². The van der Waals surface area contributed by atoms with Gasteiger partial charge in [-0.1, -0.05) is 57.9 Å². The number of benzene rings is 1. The third-order valence-electron chi connectivity index (χ3n) is 7.36.